The summed E-state index contributed by atoms with van der Waals surface area (Å²) in [5, 5.41) is 6.21. The predicted molar refractivity (Wildman–Crippen MR) is 104 cm³/mol. The van der Waals surface area contributed by atoms with E-state index in [4.69, 9.17) is 15.9 Å². The van der Waals surface area contributed by atoms with E-state index in [9.17, 15) is 14.4 Å². The molecule has 2 rings (SSSR count). The highest BCUT2D eigenvalue weighted by atomic mass is 16.4. The van der Waals surface area contributed by atoms with E-state index in [1.807, 2.05) is 6.92 Å². The van der Waals surface area contributed by atoms with Gasteiger partial charge in [0, 0.05) is 23.2 Å². The highest BCUT2D eigenvalue weighted by Gasteiger charge is 2.22. The van der Waals surface area contributed by atoms with Gasteiger partial charge >= 0.3 is 5.63 Å². The number of carbonyl (C=O) groups excluding carboxylic acids is 2. The van der Waals surface area contributed by atoms with Gasteiger partial charge in [-0.3, -0.25) is 9.59 Å². The van der Waals surface area contributed by atoms with E-state index in [1.54, 1.807) is 25.1 Å². The number of fused-ring (bicyclic) bond motifs is 1. The molecule has 0 fully saturated rings. The molecule has 8 nitrogen and oxygen atoms in total. The lowest BCUT2D eigenvalue weighted by atomic mass is 10.1. The van der Waals surface area contributed by atoms with Gasteiger partial charge in [0.2, 0.25) is 11.8 Å². The Morgan fingerprint density at radius 2 is 1.93 bits per heavy atom. The van der Waals surface area contributed by atoms with Crippen LogP contribution in [0.15, 0.2) is 33.5 Å². The van der Waals surface area contributed by atoms with Crippen molar-refractivity contribution in [1.29, 1.82) is 0 Å². The predicted octanol–water partition coefficient (Wildman–Crippen LogP) is 1.00. The molecule has 27 heavy (non-hydrogen) atoms. The number of hydrogen-bond donors (Lipinski definition) is 4. The van der Waals surface area contributed by atoms with E-state index in [1.165, 1.54) is 6.07 Å². The summed E-state index contributed by atoms with van der Waals surface area (Å²) < 4.78 is 5.19. The van der Waals surface area contributed by atoms with Gasteiger partial charge in [-0.1, -0.05) is 0 Å². The zero-order valence-corrected chi connectivity index (χ0v) is 15.6. The fourth-order valence-corrected chi connectivity index (χ4v) is 2.70. The van der Waals surface area contributed by atoms with Crippen LogP contribution in [-0.2, 0) is 9.59 Å². The largest absolute Gasteiger partial charge is 0.423 e. The van der Waals surface area contributed by atoms with E-state index < -0.39 is 23.6 Å². The Balaban J connectivity index is 2.18. The van der Waals surface area contributed by atoms with Gasteiger partial charge in [0.15, 0.2) is 0 Å². The number of nitrogens with one attached hydrogen (secondary N) is 2. The molecule has 1 aromatic heterocycles. The van der Waals surface area contributed by atoms with Crippen molar-refractivity contribution in [2.45, 2.75) is 45.2 Å². The maximum Gasteiger partial charge on any atom is 0.336 e. The molecule has 0 spiro atoms. The van der Waals surface area contributed by atoms with Crippen LogP contribution in [0.5, 0.6) is 0 Å². The second-order valence-corrected chi connectivity index (χ2v) is 6.58. The Kier molecular flexibility index (Phi) is 7.09. The molecule has 146 valence electrons. The van der Waals surface area contributed by atoms with E-state index in [-0.39, 0.29) is 5.91 Å². The van der Waals surface area contributed by atoms with Crippen molar-refractivity contribution in [3.63, 3.8) is 0 Å². The maximum absolute atomic E-state index is 12.6. The average molecular weight is 374 g/mol. The van der Waals surface area contributed by atoms with Crippen LogP contribution in [0.4, 0.5) is 5.69 Å². The molecule has 0 bridgehead atoms. The third-order valence-electron chi connectivity index (χ3n) is 4.21. The topological polar surface area (TPSA) is 140 Å². The number of anilines is 1. The van der Waals surface area contributed by atoms with Crippen LogP contribution in [0, 0.1) is 6.92 Å². The van der Waals surface area contributed by atoms with E-state index in [0.29, 0.717) is 30.7 Å². The smallest absolute Gasteiger partial charge is 0.336 e. The molecule has 0 aliphatic carbocycles. The summed E-state index contributed by atoms with van der Waals surface area (Å²) in [6.45, 7) is 3.88. The van der Waals surface area contributed by atoms with Gasteiger partial charge in [0.05, 0.1) is 6.04 Å². The van der Waals surface area contributed by atoms with Crippen molar-refractivity contribution < 1.29 is 14.0 Å². The third-order valence-corrected chi connectivity index (χ3v) is 4.21. The molecule has 6 N–H and O–H groups in total. The second kappa shape index (κ2) is 9.29. The molecule has 1 aromatic carbocycles. The first-order valence-corrected chi connectivity index (χ1v) is 8.93. The summed E-state index contributed by atoms with van der Waals surface area (Å²) >= 11 is 0. The molecule has 8 heteroatoms. The molecule has 2 amide bonds. The number of aryl methyl sites for hydroxylation is 1. The first-order chi connectivity index (χ1) is 12.8. The van der Waals surface area contributed by atoms with Crippen molar-refractivity contribution in [2.24, 2.45) is 11.5 Å². The summed E-state index contributed by atoms with van der Waals surface area (Å²) in [6.07, 6.45) is 1.89. The average Bonchev–Trinajstić information content (AvgIpc) is 2.60. The Hall–Kier alpha value is -2.71. The lowest BCUT2D eigenvalue weighted by Crippen LogP contribution is -2.49. The number of nitrogens with two attached hydrogens (primary N) is 2. The second-order valence-electron chi connectivity index (χ2n) is 6.58. The highest BCUT2D eigenvalue weighted by Crippen LogP contribution is 2.21. The van der Waals surface area contributed by atoms with Crippen molar-refractivity contribution in [1.82, 2.24) is 5.32 Å². The number of amides is 2. The van der Waals surface area contributed by atoms with Crippen molar-refractivity contribution in [3.05, 3.63) is 40.2 Å². The summed E-state index contributed by atoms with van der Waals surface area (Å²) in [4.78, 5) is 36.1. The molecule has 2 atom stereocenters. The minimum absolute atomic E-state index is 0.365. The van der Waals surface area contributed by atoms with Gasteiger partial charge in [0.1, 0.15) is 11.6 Å². The zero-order chi connectivity index (χ0) is 20.0. The Bertz CT molecular complexity index is 876. The fourth-order valence-electron chi connectivity index (χ4n) is 2.70. The lowest BCUT2D eigenvalue weighted by molar-refractivity contribution is -0.127. The molecule has 0 radical (unpaired) electrons. The maximum atomic E-state index is 12.6. The number of unbranched alkanes of at least 4 members (excludes halogenated alkanes) is 1. The zero-order valence-electron chi connectivity index (χ0n) is 15.6. The molecule has 0 saturated heterocycles. The summed E-state index contributed by atoms with van der Waals surface area (Å²) in [5.74, 6) is -0.765. The van der Waals surface area contributed by atoms with Crippen LogP contribution in [0.25, 0.3) is 11.0 Å². The van der Waals surface area contributed by atoms with E-state index in [2.05, 4.69) is 10.6 Å². The van der Waals surface area contributed by atoms with Crippen LogP contribution < -0.4 is 27.7 Å². The lowest BCUT2D eigenvalue weighted by Gasteiger charge is -2.19. The third kappa shape index (κ3) is 5.63. The van der Waals surface area contributed by atoms with Gasteiger partial charge in [0.25, 0.3) is 0 Å². The molecule has 0 saturated carbocycles. The Morgan fingerprint density at radius 3 is 2.59 bits per heavy atom. The summed E-state index contributed by atoms with van der Waals surface area (Å²) in [7, 11) is 0. The molecule has 0 aliphatic heterocycles. The van der Waals surface area contributed by atoms with E-state index in [0.717, 1.165) is 17.4 Å². The van der Waals surface area contributed by atoms with Gasteiger partial charge in [-0.2, -0.15) is 0 Å². The first kappa shape index (κ1) is 20.6. The van der Waals surface area contributed by atoms with Gasteiger partial charge < -0.3 is 26.5 Å². The van der Waals surface area contributed by atoms with Gasteiger partial charge in [-0.15, -0.1) is 0 Å². The number of carbonyl (C=O) groups is 2. The Morgan fingerprint density at radius 1 is 1.19 bits per heavy atom. The number of hydrogen-bond acceptors (Lipinski definition) is 6. The van der Waals surface area contributed by atoms with Crippen molar-refractivity contribution >= 4 is 28.5 Å². The molecule has 0 aliphatic rings. The van der Waals surface area contributed by atoms with Crippen LogP contribution in [0.2, 0.25) is 0 Å². The highest BCUT2D eigenvalue weighted by molar-refractivity contribution is 5.99. The summed E-state index contributed by atoms with van der Waals surface area (Å²) in [6, 6.07) is 5.05. The molecule has 0 unspecified atom stereocenters. The minimum Gasteiger partial charge on any atom is -0.423 e. The molecule has 2 aromatic rings. The van der Waals surface area contributed by atoms with Gasteiger partial charge in [-0.25, -0.2) is 4.79 Å². The van der Waals surface area contributed by atoms with Crippen molar-refractivity contribution in [2.75, 3.05) is 11.9 Å². The summed E-state index contributed by atoms with van der Waals surface area (Å²) in [5.41, 5.74) is 12.3. The molecular formula is C19H26N4O4. The quantitative estimate of drug-likeness (QED) is 0.401. The fraction of sp³-hybridized carbons (Fsp3) is 0.421. The van der Waals surface area contributed by atoms with Crippen LogP contribution in [0.3, 0.4) is 0 Å². The van der Waals surface area contributed by atoms with Crippen LogP contribution >= 0.6 is 0 Å². The van der Waals surface area contributed by atoms with Crippen LogP contribution in [-0.4, -0.2) is 30.4 Å². The molecular weight excluding hydrogens is 348 g/mol. The first-order valence-electron chi connectivity index (χ1n) is 8.93. The number of benzene rings is 1. The standard InChI is InChI=1S/C19H26N4O4/c1-11-9-17(24)27-16-10-13(6-7-14(11)16)22-19(26)15(5-3-4-8-20)23-18(25)12(2)21/h6-7,9-10,12,15H,3-5,8,20-21H2,1-2H3,(H,22,26)(H,23,25)/t12-,15-/m0/s1. The SMILES string of the molecule is Cc1cc(=O)oc2cc(NC(=O)[C@H](CCCCN)NC(=O)[C@H](C)N)ccc12. The van der Waals surface area contributed by atoms with Crippen molar-refractivity contribution in [3.8, 4) is 0 Å². The minimum atomic E-state index is -0.727. The van der Waals surface area contributed by atoms with E-state index >= 15 is 0 Å². The normalized spacial score (nSPS) is 13.2. The molecule has 1 heterocycles. The number of rotatable bonds is 8. The monoisotopic (exact) mass is 374 g/mol. The van der Waals surface area contributed by atoms with Gasteiger partial charge in [-0.05, 0) is 57.4 Å². The van der Waals surface area contributed by atoms with Crippen LogP contribution in [0.1, 0.15) is 31.7 Å². The Labute approximate surface area is 157 Å².